The second-order valence-electron chi connectivity index (χ2n) is 2.93. The normalized spacial score (nSPS) is 12.7. The van der Waals surface area contributed by atoms with Gasteiger partial charge in [-0.2, -0.15) is 0 Å². The highest BCUT2D eigenvalue weighted by molar-refractivity contribution is 7.11. The number of nitrogens with zero attached hydrogens (tertiary/aromatic N) is 1. The van der Waals surface area contributed by atoms with Crippen LogP contribution >= 0.6 is 11.3 Å². The maximum absolute atomic E-state index is 10.5. The first-order chi connectivity index (χ1) is 6.59. The number of carboxylic acids is 1. The molecular formula is C8H12N2O3S. The highest BCUT2D eigenvalue weighted by atomic mass is 32.1. The summed E-state index contributed by atoms with van der Waals surface area (Å²) in [5.41, 5.74) is 0.688. The first-order valence-corrected chi connectivity index (χ1v) is 5.04. The molecule has 0 aliphatic rings. The van der Waals surface area contributed by atoms with Crippen LogP contribution in [-0.4, -0.2) is 33.8 Å². The number of hydrogen-bond donors (Lipinski definition) is 3. The third kappa shape index (κ3) is 3.41. The van der Waals surface area contributed by atoms with Gasteiger partial charge in [-0.05, 0) is 6.92 Å². The van der Waals surface area contributed by atoms with Crippen molar-refractivity contribution in [2.24, 2.45) is 0 Å². The molecule has 78 valence electrons. The number of aromatic carboxylic acids is 1. The van der Waals surface area contributed by atoms with Crippen LogP contribution in [0.4, 0.5) is 0 Å². The van der Waals surface area contributed by atoms with Crippen molar-refractivity contribution in [2.45, 2.75) is 19.6 Å². The second-order valence-corrected chi connectivity index (χ2v) is 3.79. The Morgan fingerprint density at radius 1 is 1.79 bits per heavy atom. The molecule has 0 aromatic carbocycles. The summed E-state index contributed by atoms with van der Waals surface area (Å²) in [6, 6.07) is 0. The van der Waals surface area contributed by atoms with Gasteiger partial charge in [0, 0.05) is 18.5 Å². The summed E-state index contributed by atoms with van der Waals surface area (Å²) in [6.07, 6.45) is -0.410. The minimum Gasteiger partial charge on any atom is -0.476 e. The van der Waals surface area contributed by atoms with E-state index < -0.39 is 12.1 Å². The zero-order valence-corrected chi connectivity index (χ0v) is 8.54. The van der Waals surface area contributed by atoms with Gasteiger partial charge in [-0.25, -0.2) is 9.78 Å². The van der Waals surface area contributed by atoms with Crippen LogP contribution in [0.25, 0.3) is 0 Å². The average Bonchev–Trinajstić information content (AvgIpc) is 2.52. The summed E-state index contributed by atoms with van der Waals surface area (Å²) in [5, 5.41) is 22.3. The fourth-order valence-corrected chi connectivity index (χ4v) is 1.55. The van der Waals surface area contributed by atoms with Crippen molar-refractivity contribution < 1.29 is 15.0 Å². The number of carbonyl (C=O) groups is 1. The maximum Gasteiger partial charge on any atom is 0.365 e. The monoisotopic (exact) mass is 216 g/mol. The lowest BCUT2D eigenvalue weighted by atomic mass is 10.4. The molecule has 0 saturated heterocycles. The largest absolute Gasteiger partial charge is 0.476 e. The molecule has 1 atom stereocenters. The van der Waals surface area contributed by atoms with Crippen molar-refractivity contribution in [3.8, 4) is 0 Å². The van der Waals surface area contributed by atoms with E-state index in [0.717, 1.165) is 11.3 Å². The summed E-state index contributed by atoms with van der Waals surface area (Å²) in [4.78, 5) is 14.4. The number of aromatic nitrogens is 1. The van der Waals surface area contributed by atoms with Gasteiger partial charge in [-0.3, -0.25) is 0 Å². The van der Waals surface area contributed by atoms with Crippen molar-refractivity contribution >= 4 is 17.3 Å². The van der Waals surface area contributed by atoms with Gasteiger partial charge in [0.1, 0.15) is 0 Å². The highest BCUT2D eigenvalue weighted by Gasteiger charge is 2.08. The SMILES string of the molecule is CC(O)CNCc1csc(C(=O)O)n1. The van der Waals surface area contributed by atoms with Gasteiger partial charge < -0.3 is 15.5 Å². The van der Waals surface area contributed by atoms with Crippen LogP contribution in [0.15, 0.2) is 5.38 Å². The van der Waals surface area contributed by atoms with Crippen LogP contribution in [-0.2, 0) is 6.54 Å². The average molecular weight is 216 g/mol. The van der Waals surface area contributed by atoms with Gasteiger partial charge in [-0.15, -0.1) is 11.3 Å². The van der Waals surface area contributed by atoms with E-state index in [9.17, 15) is 4.79 Å². The minimum atomic E-state index is -1.00. The van der Waals surface area contributed by atoms with Crippen molar-refractivity contribution in [3.63, 3.8) is 0 Å². The van der Waals surface area contributed by atoms with Gasteiger partial charge in [0.2, 0.25) is 5.01 Å². The van der Waals surface area contributed by atoms with E-state index in [4.69, 9.17) is 10.2 Å². The Balaban J connectivity index is 2.40. The Hall–Kier alpha value is -0.980. The molecule has 3 N–H and O–H groups in total. The van der Waals surface area contributed by atoms with Crippen LogP contribution in [0.3, 0.4) is 0 Å². The van der Waals surface area contributed by atoms with Crippen molar-refractivity contribution in [1.82, 2.24) is 10.3 Å². The molecule has 14 heavy (non-hydrogen) atoms. The molecule has 6 heteroatoms. The van der Waals surface area contributed by atoms with E-state index in [1.165, 1.54) is 0 Å². The summed E-state index contributed by atoms with van der Waals surface area (Å²) in [5.74, 6) is -1.00. The smallest absolute Gasteiger partial charge is 0.365 e. The molecule has 0 saturated carbocycles. The molecule has 0 aliphatic heterocycles. The lowest BCUT2D eigenvalue weighted by molar-refractivity contribution is 0.0696. The summed E-state index contributed by atoms with van der Waals surface area (Å²) in [6.45, 7) is 2.63. The molecule has 1 aromatic rings. The summed E-state index contributed by atoms with van der Waals surface area (Å²) in [7, 11) is 0. The molecule has 1 heterocycles. The number of hydrogen-bond acceptors (Lipinski definition) is 5. The van der Waals surface area contributed by atoms with Gasteiger partial charge in [0.15, 0.2) is 0 Å². The first-order valence-electron chi connectivity index (χ1n) is 4.16. The van der Waals surface area contributed by atoms with Crippen LogP contribution in [0.1, 0.15) is 22.4 Å². The lowest BCUT2D eigenvalue weighted by Gasteiger charge is -2.03. The van der Waals surface area contributed by atoms with E-state index >= 15 is 0 Å². The molecule has 0 amide bonds. The van der Waals surface area contributed by atoms with Crippen molar-refractivity contribution in [1.29, 1.82) is 0 Å². The Morgan fingerprint density at radius 2 is 2.50 bits per heavy atom. The Kier molecular flexibility index (Phi) is 3.99. The third-order valence-corrected chi connectivity index (χ3v) is 2.36. The minimum absolute atomic E-state index is 0.0962. The highest BCUT2D eigenvalue weighted by Crippen LogP contribution is 2.08. The molecule has 1 aromatic heterocycles. The molecule has 1 rings (SSSR count). The van der Waals surface area contributed by atoms with Crippen molar-refractivity contribution in [3.05, 3.63) is 16.1 Å². The van der Waals surface area contributed by atoms with Crippen LogP contribution in [0.5, 0.6) is 0 Å². The Labute approximate surface area is 85.4 Å². The predicted molar refractivity (Wildman–Crippen MR) is 52.5 cm³/mol. The molecule has 0 radical (unpaired) electrons. The fraction of sp³-hybridized carbons (Fsp3) is 0.500. The Bertz CT molecular complexity index is 311. The molecule has 0 spiro atoms. The number of aliphatic hydroxyl groups excluding tert-OH is 1. The zero-order chi connectivity index (χ0) is 10.6. The van der Waals surface area contributed by atoms with Crippen molar-refractivity contribution in [2.75, 3.05) is 6.54 Å². The molecule has 1 unspecified atom stereocenters. The predicted octanol–water partition coefficient (Wildman–Crippen LogP) is 0.312. The number of thiazole rings is 1. The molecule has 5 nitrogen and oxygen atoms in total. The van der Waals surface area contributed by atoms with Gasteiger partial charge in [-0.1, -0.05) is 0 Å². The van der Waals surface area contributed by atoms with E-state index in [1.54, 1.807) is 12.3 Å². The standard InChI is InChI=1S/C8H12N2O3S/c1-5(11)2-9-3-6-4-14-7(10-6)8(12)13/h4-5,9,11H,2-3H2,1H3,(H,12,13). The molecule has 0 aliphatic carbocycles. The molecule has 0 fully saturated rings. The van der Waals surface area contributed by atoms with Crippen LogP contribution in [0.2, 0.25) is 0 Å². The number of carboxylic acid groups (broad SMARTS) is 1. The zero-order valence-electron chi connectivity index (χ0n) is 7.73. The third-order valence-electron chi connectivity index (χ3n) is 1.48. The lowest BCUT2D eigenvalue weighted by Crippen LogP contribution is -2.24. The molecule has 0 bridgehead atoms. The quantitative estimate of drug-likeness (QED) is 0.660. The number of rotatable bonds is 5. The summed E-state index contributed by atoms with van der Waals surface area (Å²) >= 11 is 1.10. The van der Waals surface area contributed by atoms with E-state index in [-0.39, 0.29) is 5.01 Å². The second kappa shape index (κ2) is 5.04. The van der Waals surface area contributed by atoms with Gasteiger partial charge >= 0.3 is 5.97 Å². The fourth-order valence-electron chi connectivity index (χ4n) is 0.896. The Morgan fingerprint density at radius 3 is 3.00 bits per heavy atom. The number of nitrogens with one attached hydrogen (secondary N) is 1. The molecular weight excluding hydrogens is 204 g/mol. The van der Waals surface area contributed by atoms with Gasteiger partial charge in [0.05, 0.1) is 11.8 Å². The summed E-state index contributed by atoms with van der Waals surface area (Å²) < 4.78 is 0. The van der Waals surface area contributed by atoms with E-state index in [0.29, 0.717) is 18.8 Å². The van der Waals surface area contributed by atoms with Crippen LogP contribution < -0.4 is 5.32 Å². The number of aliphatic hydroxyl groups is 1. The van der Waals surface area contributed by atoms with E-state index in [2.05, 4.69) is 10.3 Å². The van der Waals surface area contributed by atoms with E-state index in [1.807, 2.05) is 0 Å². The first kappa shape index (κ1) is 11.1. The topological polar surface area (TPSA) is 82.5 Å². The maximum atomic E-state index is 10.5. The van der Waals surface area contributed by atoms with Gasteiger partial charge in [0.25, 0.3) is 0 Å². The van der Waals surface area contributed by atoms with Crippen LogP contribution in [0, 0.1) is 0 Å².